The average molecular weight is 313 g/mol. The van der Waals surface area contributed by atoms with Crippen LogP contribution in [0.25, 0.3) is 21.7 Å². The van der Waals surface area contributed by atoms with E-state index in [9.17, 15) is 4.79 Å². The first-order valence-electron chi connectivity index (χ1n) is 7.73. The predicted octanol–water partition coefficient (Wildman–Crippen LogP) is 4.34. The van der Waals surface area contributed by atoms with Crippen molar-refractivity contribution in [1.29, 1.82) is 0 Å². The highest BCUT2D eigenvalue weighted by atomic mass is 16.1. The number of carbonyl (C=O) groups is 1. The molecule has 4 nitrogen and oxygen atoms in total. The molecule has 4 aromatic rings. The van der Waals surface area contributed by atoms with E-state index < -0.39 is 0 Å². The van der Waals surface area contributed by atoms with Gasteiger partial charge in [0.15, 0.2) is 0 Å². The standard InChI is InChI=1S/C20H15N3O/c1-13-11-15(8-10-21-13)23-20(24)18-12-14-5-2-3-6-16(14)17-7-4-9-22-19(17)18/h2-12H,1H3,(H,21,23,24). The third kappa shape index (κ3) is 2.48. The summed E-state index contributed by atoms with van der Waals surface area (Å²) in [4.78, 5) is 21.4. The zero-order chi connectivity index (χ0) is 16.5. The fraction of sp³-hybridized carbons (Fsp3) is 0.0500. The van der Waals surface area contributed by atoms with E-state index in [1.165, 1.54) is 0 Å². The number of nitrogens with zero attached hydrogens (tertiary/aromatic N) is 2. The molecule has 0 aliphatic heterocycles. The number of hydrogen-bond donors (Lipinski definition) is 1. The molecule has 0 spiro atoms. The number of aromatic nitrogens is 2. The Labute approximate surface area is 139 Å². The Kier molecular flexibility index (Phi) is 3.43. The quantitative estimate of drug-likeness (QED) is 0.560. The first-order chi connectivity index (χ1) is 11.7. The van der Waals surface area contributed by atoms with Crippen molar-refractivity contribution in [2.24, 2.45) is 0 Å². The van der Waals surface area contributed by atoms with Crippen LogP contribution in [0.5, 0.6) is 0 Å². The summed E-state index contributed by atoms with van der Waals surface area (Å²) in [5.74, 6) is -0.171. The molecule has 0 unspecified atom stereocenters. The van der Waals surface area contributed by atoms with Gasteiger partial charge < -0.3 is 5.32 Å². The second-order valence-electron chi connectivity index (χ2n) is 5.68. The average Bonchev–Trinajstić information content (AvgIpc) is 2.61. The van der Waals surface area contributed by atoms with Gasteiger partial charge in [-0.15, -0.1) is 0 Å². The van der Waals surface area contributed by atoms with E-state index in [1.54, 1.807) is 18.5 Å². The Bertz CT molecular complexity index is 1070. The molecule has 2 aromatic heterocycles. The van der Waals surface area contributed by atoms with E-state index in [4.69, 9.17) is 0 Å². The molecule has 0 aliphatic rings. The Morgan fingerprint density at radius 2 is 1.75 bits per heavy atom. The van der Waals surface area contributed by atoms with Gasteiger partial charge in [0.25, 0.3) is 5.91 Å². The van der Waals surface area contributed by atoms with E-state index in [0.29, 0.717) is 11.1 Å². The van der Waals surface area contributed by atoms with Crippen molar-refractivity contribution in [2.75, 3.05) is 5.32 Å². The fourth-order valence-electron chi connectivity index (χ4n) is 2.92. The number of fused-ring (bicyclic) bond motifs is 3. The van der Waals surface area contributed by atoms with Gasteiger partial charge in [0.05, 0.1) is 11.1 Å². The molecule has 4 heteroatoms. The largest absolute Gasteiger partial charge is 0.322 e. The Morgan fingerprint density at radius 3 is 2.62 bits per heavy atom. The third-order valence-electron chi connectivity index (χ3n) is 4.01. The van der Waals surface area contributed by atoms with Crippen molar-refractivity contribution in [1.82, 2.24) is 9.97 Å². The van der Waals surface area contributed by atoms with Gasteiger partial charge in [-0.25, -0.2) is 0 Å². The summed E-state index contributed by atoms with van der Waals surface area (Å²) < 4.78 is 0. The molecular weight excluding hydrogens is 298 g/mol. The maximum Gasteiger partial charge on any atom is 0.257 e. The third-order valence-corrected chi connectivity index (χ3v) is 4.01. The van der Waals surface area contributed by atoms with Crippen LogP contribution in [-0.2, 0) is 0 Å². The van der Waals surface area contributed by atoms with Crippen molar-refractivity contribution < 1.29 is 4.79 Å². The summed E-state index contributed by atoms with van der Waals surface area (Å²) in [6.07, 6.45) is 3.40. The number of anilines is 1. The van der Waals surface area contributed by atoms with Crippen LogP contribution in [-0.4, -0.2) is 15.9 Å². The van der Waals surface area contributed by atoms with Crippen molar-refractivity contribution >= 4 is 33.3 Å². The Morgan fingerprint density at radius 1 is 0.917 bits per heavy atom. The highest BCUT2D eigenvalue weighted by molar-refractivity contribution is 6.18. The van der Waals surface area contributed by atoms with Gasteiger partial charge in [-0.3, -0.25) is 14.8 Å². The molecule has 0 atom stereocenters. The van der Waals surface area contributed by atoms with Gasteiger partial charge in [0.2, 0.25) is 0 Å². The summed E-state index contributed by atoms with van der Waals surface area (Å²) in [6, 6.07) is 17.4. The molecule has 0 fully saturated rings. The molecule has 0 radical (unpaired) electrons. The van der Waals surface area contributed by atoms with E-state index in [0.717, 1.165) is 27.5 Å². The number of rotatable bonds is 2. The van der Waals surface area contributed by atoms with Crippen LogP contribution in [0.1, 0.15) is 16.1 Å². The number of hydrogen-bond acceptors (Lipinski definition) is 3. The fourth-order valence-corrected chi connectivity index (χ4v) is 2.92. The SMILES string of the molecule is Cc1cc(NC(=O)c2cc3ccccc3c3cccnc23)ccn1. The van der Waals surface area contributed by atoms with Crippen LogP contribution < -0.4 is 5.32 Å². The zero-order valence-electron chi connectivity index (χ0n) is 13.2. The lowest BCUT2D eigenvalue weighted by atomic mass is 10.0. The molecule has 0 bridgehead atoms. The molecular formula is C20H15N3O. The van der Waals surface area contributed by atoms with Crippen LogP contribution >= 0.6 is 0 Å². The first kappa shape index (κ1) is 14.3. The maximum atomic E-state index is 12.8. The van der Waals surface area contributed by atoms with Crippen LogP contribution in [0.4, 0.5) is 5.69 Å². The van der Waals surface area contributed by atoms with Crippen LogP contribution in [0.2, 0.25) is 0 Å². The summed E-state index contributed by atoms with van der Waals surface area (Å²) in [5, 5.41) is 6.03. The second-order valence-corrected chi connectivity index (χ2v) is 5.68. The summed E-state index contributed by atoms with van der Waals surface area (Å²) in [5.41, 5.74) is 2.86. The predicted molar refractivity (Wildman–Crippen MR) is 96.2 cm³/mol. The molecule has 0 aliphatic carbocycles. The number of benzene rings is 2. The minimum absolute atomic E-state index is 0.171. The molecule has 1 N–H and O–H groups in total. The molecule has 1 amide bonds. The molecule has 0 saturated carbocycles. The van der Waals surface area contributed by atoms with Crippen molar-refractivity contribution in [3.05, 3.63) is 78.2 Å². The smallest absolute Gasteiger partial charge is 0.257 e. The van der Waals surface area contributed by atoms with E-state index in [2.05, 4.69) is 15.3 Å². The topological polar surface area (TPSA) is 54.9 Å². The van der Waals surface area contributed by atoms with Crippen LogP contribution in [0, 0.1) is 6.92 Å². The van der Waals surface area contributed by atoms with E-state index in [1.807, 2.05) is 55.5 Å². The maximum absolute atomic E-state index is 12.8. The van der Waals surface area contributed by atoms with E-state index in [-0.39, 0.29) is 5.91 Å². The highest BCUT2D eigenvalue weighted by Crippen LogP contribution is 2.27. The van der Waals surface area contributed by atoms with Gasteiger partial charge in [-0.1, -0.05) is 30.3 Å². The second kappa shape index (κ2) is 5.74. The summed E-state index contributed by atoms with van der Waals surface area (Å²) in [6.45, 7) is 1.89. The monoisotopic (exact) mass is 313 g/mol. The Balaban J connectivity index is 1.87. The lowest BCUT2D eigenvalue weighted by molar-refractivity contribution is 0.102. The number of aryl methyl sites for hydroxylation is 1. The summed E-state index contributed by atoms with van der Waals surface area (Å²) in [7, 11) is 0. The number of carbonyl (C=O) groups excluding carboxylic acids is 1. The highest BCUT2D eigenvalue weighted by Gasteiger charge is 2.14. The van der Waals surface area contributed by atoms with Crippen LogP contribution in [0.15, 0.2) is 67.0 Å². The lowest BCUT2D eigenvalue weighted by Crippen LogP contribution is -2.13. The summed E-state index contributed by atoms with van der Waals surface area (Å²) >= 11 is 0. The zero-order valence-corrected chi connectivity index (χ0v) is 13.2. The molecule has 4 rings (SSSR count). The first-order valence-corrected chi connectivity index (χ1v) is 7.73. The van der Waals surface area contributed by atoms with Gasteiger partial charge in [0.1, 0.15) is 0 Å². The Hall–Kier alpha value is -3.27. The van der Waals surface area contributed by atoms with Gasteiger partial charge in [0, 0.05) is 29.2 Å². The van der Waals surface area contributed by atoms with Crippen LogP contribution in [0.3, 0.4) is 0 Å². The number of pyridine rings is 2. The molecule has 0 saturated heterocycles. The minimum atomic E-state index is -0.171. The number of nitrogens with one attached hydrogen (secondary N) is 1. The molecule has 24 heavy (non-hydrogen) atoms. The molecule has 2 aromatic carbocycles. The van der Waals surface area contributed by atoms with Gasteiger partial charge in [-0.05, 0) is 42.0 Å². The van der Waals surface area contributed by atoms with E-state index >= 15 is 0 Å². The van der Waals surface area contributed by atoms with Crippen molar-refractivity contribution in [3.8, 4) is 0 Å². The normalized spacial score (nSPS) is 10.9. The van der Waals surface area contributed by atoms with Crippen molar-refractivity contribution in [2.45, 2.75) is 6.92 Å². The minimum Gasteiger partial charge on any atom is -0.322 e. The molecule has 116 valence electrons. The lowest BCUT2D eigenvalue weighted by Gasteiger charge is -2.10. The van der Waals surface area contributed by atoms with Gasteiger partial charge in [-0.2, -0.15) is 0 Å². The van der Waals surface area contributed by atoms with Crippen molar-refractivity contribution in [3.63, 3.8) is 0 Å². The number of amides is 1. The van der Waals surface area contributed by atoms with Gasteiger partial charge >= 0.3 is 0 Å². The molecule has 2 heterocycles.